The fraction of sp³-hybridized carbons (Fsp3) is 0.828. The van der Waals surface area contributed by atoms with Crippen LogP contribution in [0, 0.1) is 0 Å². The molecule has 0 aliphatic carbocycles. The monoisotopic (exact) mass is 507 g/mol. The number of nitrogens with one attached hydrogen (secondary N) is 1. The van der Waals surface area contributed by atoms with Gasteiger partial charge in [-0.2, -0.15) is 0 Å². The van der Waals surface area contributed by atoms with Crippen LogP contribution >= 0.6 is 0 Å². The number of nitrogens with two attached hydrogens (primary N) is 1. The van der Waals surface area contributed by atoms with E-state index in [9.17, 15) is 19.5 Å². The van der Waals surface area contributed by atoms with Crippen molar-refractivity contribution in [2.75, 3.05) is 6.54 Å². The lowest BCUT2D eigenvalue weighted by atomic mass is 9.88. The normalized spacial score (nSPS) is 19.5. The molecule has 1 heterocycles. The Bertz CT molecular complexity index is 679. The molecule has 208 valence electrons. The van der Waals surface area contributed by atoms with Crippen LogP contribution in [0.5, 0.6) is 0 Å². The molecule has 0 aromatic rings. The first-order chi connectivity index (χ1) is 17.3. The van der Waals surface area contributed by atoms with E-state index in [1.807, 2.05) is 0 Å². The Hall–Kier alpha value is -1.89. The maximum atomic E-state index is 13.0. The van der Waals surface area contributed by atoms with Gasteiger partial charge < -0.3 is 21.1 Å². The van der Waals surface area contributed by atoms with Crippen LogP contribution in [-0.4, -0.2) is 52.0 Å². The number of amides is 2. The molecule has 1 aliphatic heterocycles. The van der Waals surface area contributed by atoms with E-state index in [1.54, 1.807) is 13.8 Å². The van der Waals surface area contributed by atoms with Gasteiger partial charge in [0.25, 0.3) is 0 Å². The summed E-state index contributed by atoms with van der Waals surface area (Å²) in [4.78, 5) is 38.6. The van der Waals surface area contributed by atoms with Crippen molar-refractivity contribution < 1.29 is 19.5 Å². The number of carbonyl (C=O) groups is 3. The average Bonchev–Trinajstić information content (AvgIpc) is 3.28. The zero-order chi connectivity index (χ0) is 26.8. The minimum Gasteiger partial charge on any atom is -0.479 e. The van der Waals surface area contributed by atoms with E-state index in [4.69, 9.17) is 5.73 Å². The van der Waals surface area contributed by atoms with Crippen LogP contribution in [-0.2, 0) is 14.4 Å². The summed E-state index contributed by atoms with van der Waals surface area (Å²) >= 11 is 0. The minimum absolute atomic E-state index is 0.339. The van der Waals surface area contributed by atoms with Crippen molar-refractivity contribution in [3.8, 4) is 0 Å². The number of nitrogens with zero attached hydrogens (tertiary/aromatic N) is 1. The van der Waals surface area contributed by atoms with Crippen LogP contribution in [0.3, 0.4) is 0 Å². The number of hydrogen-bond donors (Lipinski definition) is 3. The molecule has 36 heavy (non-hydrogen) atoms. The van der Waals surface area contributed by atoms with E-state index in [0.29, 0.717) is 25.8 Å². The topological polar surface area (TPSA) is 113 Å². The molecule has 7 nitrogen and oxygen atoms in total. The van der Waals surface area contributed by atoms with Crippen molar-refractivity contribution >= 4 is 17.8 Å². The maximum Gasteiger partial charge on any atom is 0.329 e. The second kappa shape index (κ2) is 18.4. The largest absolute Gasteiger partial charge is 0.479 e. The third kappa shape index (κ3) is 11.4. The van der Waals surface area contributed by atoms with Crippen molar-refractivity contribution in [1.29, 1.82) is 0 Å². The van der Waals surface area contributed by atoms with Gasteiger partial charge in [-0.3, -0.25) is 9.59 Å². The van der Waals surface area contributed by atoms with E-state index < -0.39 is 29.5 Å². The fourth-order valence-corrected chi connectivity index (χ4v) is 5.09. The zero-order valence-electron chi connectivity index (χ0n) is 23.2. The molecule has 7 heteroatoms. The van der Waals surface area contributed by atoms with Crippen LogP contribution in [0.25, 0.3) is 0 Å². The number of hydrogen-bond acceptors (Lipinski definition) is 4. The molecule has 0 aromatic heterocycles. The Labute approximate surface area is 219 Å². The molecule has 1 aliphatic rings. The van der Waals surface area contributed by atoms with Gasteiger partial charge in [0.2, 0.25) is 11.8 Å². The second-order valence-electron chi connectivity index (χ2n) is 10.6. The SMILES string of the molecule is CCCCCCCC/C=C\CCCCCCCC[C@@]1(C(=O)O)CCCN1C(=O)[C@H](C)NC(=O)[C@H](C)N. The van der Waals surface area contributed by atoms with Crippen LogP contribution in [0.2, 0.25) is 0 Å². The molecule has 0 saturated carbocycles. The highest BCUT2D eigenvalue weighted by molar-refractivity contribution is 5.93. The molecule has 0 unspecified atom stereocenters. The molecule has 0 spiro atoms. The van der Waals surface area contributed by atoms with E-state index in [0.717, 1.165) is 32.1 Å². The lowest BCUT2D eigenvalue weighted by Gasteiger charge is -2.36. The Kier molecular flexibility index (Phi) is 16.4. The average molecular weight is 508 g/mol. The summed E-state index contributed by atoms with van der Waals surface area (Å²) in [5.74, 6) is -1.69. The first kappa shape index (κ1) is 32.1. The lowest BCUT2D eigenvalue weighted by molar-refractivity contribution is -0.158. The third-order valence-corrected chi connectivity index (χ3v) is 7.40. The third-order valence-electron chi connectivity index (χ3n) is 7.40. The molecular weight excluding hydrogens is 454 g/mol. The number of aliphatic carboxylic acids is 1. The van der Waals surface area contributed by atoms with Gasteiger partial charge in [0.1, 0.15) is 11.6 Å². The maximum absolute atomic E-state index is 13.0. The predicted octanol–water partition coefficient (Wildman–Crippen LogP) is 5.71. The van der Waals surface area contributed by atoms with Gasteiger partial charge in [-0.1, -0.05) is 83.3 Å². The van der Waals surface area contributed by atoms with Crippen LogP contribution < -0.4 is 11.1 Å². The summed E-state index contributed by atoms with van der Waals surface area (Å²) in [5.41, 5.74) is 4.42. The van der Waals surface area contributed by atoms with Gasteiger partial charge in [-0.25, -0.2) is 4.79 Å². The first-order valence-corrected chi connectivity index (χ1v) is 14.5. The van der Waals surface area contributed by atoms with Gasteiger partial charge in [0.15, 0.2) is 0 Å². The summed E-state index contributed by atoms with van der Waals surface area (Å²) in [6.45, 7) is 5.81. The van der Waals surface area contributed by atoms with Gasteiger partial charge in [0.05, 0.1) is 6.04 Å². The van der Waals surface area contributed by atoms with Crippen LogP contribution in [0.15, 0.2) is 12.2 Å². The van der Waals surface area contributed by atoms with Crippen LogP contribution in [0.1, 0.15) is 130 Å². The van der Waals surface area contributed by atoms with Gasteiger partial charge >= 0.3 is 5.97 Å². The summed E-state index contributed by atoms with van der Waals surface area (Å²) in [5, 5.41) is 12.7. The van der Waals surface area contributed by atoms with Crippen molar-refractivity contribution in [3.63, 3.8) is 0 Å². The molecular formula is C29H53N3O4. The molecule has 0 radical (unpaired) electrons. The Morgan fingerprint density at radius 3 is 1.97 bits per heavy atom. The van der Waals surface area contributed by atoms with Crippen molar-refractivity contribution in [3.05, 3.63) is 12.2 Å². The minimum atomic E-state index is -1.16. The van der Waals surface area contributed by atoms with Gasteiger partial charge in [0, 0.05) is 6.54 Å². The Morgan fingerprint density at radius 2 is 1.44 bits per heavy atom. The number of carboxylic acid groups (broad SMARTS) is 1. The first-order valence-electron chi connectivity index (χ1n) is 14.5. The summed E-state index contributed by atoms with van der Waals surface area (Å²) < 4.78 is 0. The summed E-state index contributed by atoms with van der Waals surface area (Å²) in [6, 6.07) is -1.51. The molecule has 2 amide bonds. The van der Waals surface area contributed by atoms with E-state index in [-0.39, 0.29) is 5.91 Å². The zero-order valence-corrected chi connectivity index (χ0v) is 23.2. The fourth-order valence-electron chi connectivity index (χ4n) is 5.09. The summed E-state index contributed by atoms with van der Waals surface area (Å²) in [7, 11) is 0. The molecule has 1 rings (SSSR count). The highest BCUT2D eigenvalue weighted by Crippen LogP contribution is 2.35. The van der Waals surface area contributed by atoms with Gasteiger partial charge in [-0.15, -0.1) is 0 Å². The van der Waals surface area contributed by atoms with Crippen molar-refractivity contribution in [1.82, 2.24) is 10.2 Å². The molecule has 1 saturated heterocycles. The molecule has 3 atom stereocenters. The standard InChI is InChI=1S/C29H53N3O4/c1-4-5-6-7-8-9-10-11-12-13-14-15-16-17-18-19-21-29(28(35)36)22-20-23-32(29)27(34)25(3)31-26(33)24(2)30/h11-12,24-25H,4-10,13-23,30H2,1-3H3,(H,31,33)(H,35,36)/b12-11-/t24-,25-,29-/m0/s1. The number of rotatable bonds is 20. The van der Waals surface area contributed by atoms with E-state index >= 15 is 0 Å². The lowest BCUT2D eigenvalue weighted by Crippen LogP contribution is -2.58. The number of carbonyl (C=O) groups excluding carboxylic acids is 2. The van der Waals surface area contributed by atoms with E-state index in [2.05, 4.69) is 24.4 Å². The van der Waals surface area contributed by atoms with Crippen molar-refractivity contribution in [2.45, 2.75) is 148 Å². The second-order valence-corrected chi connectivity index (χ2v) is 10.6. The highest BCUT2D eigenvalue weighted by Gasteiger charge is 2.50. The quantitative estimate of drug-likeness (QED) is 0.144. The predicted molar refractivity (Wildman–Crippen MR) is 147 cm³/mol. The number of unbranched alkanes of at least 4 members (excludes halogenated alkanes) is 12. The Morgan fingerprint density at radius 1 is 0.917 bits per heavy atom. The molecule has 4 N–H and O–H groups in total. The highest BCUT2D eigenvalue weighted by atomic mass is 16.4. The molecule has 0 aromatic carbocycles. The van der Waals surface area contributed by atoms with E-state index in [1.165, 1.54) is 62.7 Å². The summed E-state index contributed by atoms with van der Waals surface area (Å²) in [6.07, 6.45) is 23.1. The number of allylic oxidation sites excluding steroid dienone is 2. The van der Waals surface area contributed by atoms with Gasteiger partial charge in [-0.05, 0) is 58.8 Å². The number of carboxylic acids is 1. The number of likely N-dealkylation sites (tertiary alicyclic amines) is 1. The smallest absolute Gasteiger partial charge is 0.329 e. The van der Waals surface area contributed by atoms with Crippen LogP contribution in [0.4, 0.5) is 0 Å². The Balaban J connectivity index is 2.27. The molecule has 0 bridgehead atoms. The van der Waals surface area contributed by atoms with Crippen molar-refractivity contribution in [2.24, 2.45) is 5.73 Å². The molecule has 1 fully saturated rings.